The van der Waals surface area contributed by atoms with Gasteiger partial charge in [-0.25, -0.2) is 5.43 Å². The maximum atomic E-state index is 12.3. The van der Waals surface area contributed by atoms with E-state index in [-0.39, 0.29) is 5.76 Å². The number of carbonyl (C=O) groups is 1. The van der Waals surface area contributed by atoms with E-state index in [4.69, 9.17) is 13.9 Å². The summed E-state index contributed by atoms with van der Waals surface area (Å²) >= 11 is 6.83. The molecule has 1 heterocycles. The molecular weight excluding hydrogens is 480 g/mol. The Labute approximate surface area is 172 Å². The van der Waals surface area contributed by atoms with Crippen molar-refractivity contribution in [3.8, 4) is 11.5 Å². The molecule has 3 rings (SSSR count). The number of nitrogens with one attached hydrogen (secondary N) is 1. The molecule has 0 spiro atoms. The molecule has 0 unspecified atom stereocenters. The van der Waals surface area contributed by atoms with Crippen molar-refractivity contribution in [1.82, 2.24) is 5.43 Å². The third-order valence-electron chi connectivity index (χ3n) is 3.63. The minimum Gasteiger partial charge on any atom is -0.493 e. The van der Waals surface area contributed by atoms with Crippen molar-refractivity contribution < 1.29 is 18.7 Å². The molecule has 27 heavy (non-hydrogen) atoms. The first-order valence-corrected chi connectivity index (χ1v) is 9.63. The summed E-state index contributed by atoms with van der Waals surface area (Å²) < 4.78 is 18.0. The van der Waals surface area contributed by atoms with E-state index < -0.39 is 5.91 Å². The average Bonchev–Trinajstić information content (AvgIpc) is 3.07. The highest BCUT2D eigenvalue weighted by molar-refractivity contribution is 9.11. The number of halogens is 2. The molecule has 0 radical (unpaired) electrons. The van der Waals surface area contributed by atoms with Crippen LogP contribution in [0.5, 0.6) is 11.5 Å². The van der Waals surface area contributed by atoms with Crippen LogP contribution in [0.15, 0.2) is 54.9 Å². The van der Waals surface area contributed by atoms with Crippen molar-refractivity contribution >= 4 is 55.0 Å². The summed E-state index contributed by atoms with van der Waals surface area (Å²) in [6.45, 7) is 2.45. The van der Waals surface area contributed by atoms with Gasteiger partial charge in [-0.1, -0.05) is 15.9 Å². The van der Waals surface area contributed by atoms with Crippen LogP contribution in [0, 0.1) is 0 Å². The summed E-state index contributed by atoms with van der Waals surface area (Å²) in [4.78, 5) is 12.3. The maximum Gasteiger partial charge on any atom is 0.307 e. The van der Waals surface area contributed by atoms with Crippen LogP contribution in [0.2, 0.25) is 0 Å². The van der Waals surface area contributed by atoms with Gasteiger partial charge in [0, 0.05) is 9.86 Å². The first-order chi connectivity index (χ1) is 13.0. The zero-order valence-electron chi connectivity index (χ0n) is 14.6. The minimum absolute atomic E-state index is 0.172. The predicted octanol–water partition coefficient (Wildman–Crippen LogP) is 5.13. The molecule has 0 aliphatic heterocycles. The number of nitrogens with zero attached hydrogens (tertiary/aromatic N) is 1. The molecule has 0 aliphatic carbocycles. The normalized spacial score (nSPS) is 11.1. The second kappa shape index (κ2) is 8.58. The zero-order valence-corrected chi connectivity index (χ0v) is 17.8. The lowest BCUT2D eigenvalue weighted by molar-refractivity contribution is 0.0929. The molecule has 2 aromatic carbocycles. The summed E-state index contributed by atoms with van der Waals surface area (Å²) in [6.07, 6.45) is 1.52. The molecule has 0 saturated heterocycles. The van der Waals surface area contributed by atoms with Gasteiger partial charge in [0.25, 0.3) is 0 Å². The summed E-state index contributed by atoms with van der Waals surface area (Å²) in [5, 5.41) is 4.78. The number of amides is 1. The highest BCUT2D eigenvalue weighted by Gasteiger charge is 2.14. The number of benzene rings is 2. The van der Waals surface area contributed by atoms with Crippen molar-refractivity contribution in [2.75, 3.05) is 13.7 Å². The van der Waals surface area contributed by atoms with Gasteiger partial charge >= 0.3 is 5.91 Å². The number of furan rings is 1. The molecule has 0 aliphatic rings. The Morgan fingerprint density at radius 1 is 1.22 bits per heavy atom. The molecule has 0 saturated carbocycles. The standard InChI is InChI=1S/C19H16Br2N2O4/c1-3-26-15-5-4-11(6-16(15)25-2)10-22-23-19(24)17-8-12-7-13(20)9-14(21)18(12)27-17/h4-10H,3H2,1-2H3,(H,23,24)/b22-10-. The second-order valence-corrected chi connectivity index (χ2v) is 7.23. The molecule has 140 valence electrons. The molecule has 1 amide bonds. The SMILES string of the molecule is CCOc1ccc(/C=N\NC(=O)c2cc3cc(Br)cc(Br)c3o2)cc1OC. The number of rotatable bonds is 6. The molecule has 0 fully saturated rings. The van der Waals surface area contributed by atoms with Gasteiger partial charge in [-0.05, 0) is 64.8 Å². The van der Waals surface area contributed by atoms with E-state index in [9.17, 15) is 4.79 Å². The Balaban J connectivity index is 1.73. The first kappa shape index (κ1) is 19.4. The van der Waals surface area contributed by atoms with Crippen molar-refractivity contribution in [2.45, 2.75) is 6.92 Å². The lowest BCUT2D eigenvalue weighted by Gasteiger charge is -2.09. The van der Waals surface area contributed by atoms with Gasteiger partial charge in [-0.2, -0.15) is 5.10 Å². The third-order valence-corrected chi connectivity index (χ3v) is 4.67. The Hall–Kier alpha value is -2.32. The quantitative estimate of drug-likeness (QED) is 0.380. The lowest BCUT2D eigenvalue weighted by atomic mass is 10.2. The average molecular weight is 496 g/mol. The van der Waals surface area contributed by atoms with Gasteiger partial charge in [-0.3, -0.25) is 4.79 Å². The monoisotopic (exact) mass is 494 g/mol. The van der Waals surface area contributed by atoms with Crippen LogP contribution >= 0.6 is 31.9 Å². The van der Waals surface area contributed by atoms with Crippen LogP contribution in [0.4, 0.5) is 0 Å². The molecule has 1 N–H and O–H groups in total. The fourth-order valence-corrected chi connectivity index (χ4v) is 3.79. The van der Waals surface area contributed by atoms with E-state index in [2.05, 4.69) is 42.4 Å². The van der Waals surface area contributed by atoms with Crippen molar-refractivity contribution in [2.24, 2.45) is 5.10 Å². The van der Waals surface area contributed by atoms with E-state index in [0.717, 1.165) is 19.9 Å². The summed E-state index contributed by atoms with van der Waals surface area (Å²) in [5.74, 6) is 0.980. The largest absolute Gasteiger partial charge is 0.493 e. The first-order valence-electron chi connectivity index (χ1n) is 8.04. The number of hydrogen-bond acceptors (Lipinski definition) is 5. The highest BCUT2D eigenvalue weighted by Crippen LogP contribution is 2.31. The Morgan fingerprint density at radius 2 is 2.04 bits per heavy atom. The minimum atomic E-state index is -0.441. The van der Waals surface area contributed by atoms with Gasteiger partial charge < -0.3 is 13.9 Å². The summed E-state index contributed by atoms with van der Waals surface area (Å²) in [5.41, 5.74) is 3.81. The molecule has 6 nitrogen and oxygen atoms in total. The molecule has 8 heteroatoms. The fraction of sp³-hybridized carbons (Fsp3) is 0.158. The Kier molecular flexibility index (Phi) is 6.18. The predicted molar refractivity (Wildman–Crippen MR) is 111 cm³/mol. The van der Waals surface area contributed by atoms with Crippen molar-refractivity contribution in [3.05, 3.63) is 56.7 Å². The van der Waals surface area contributed by atoms with Gasteiger partial charge in [-0.15, -0.1) is 0 Å². The molecule has 0 bridgehead atoms. The van der Waals surface area contributed by atoms with Crippen LogP contribution < -0.4 is 14.9 Å². The number of carbonyl (C=O) groups excluding carboxylic acids is 1. The van der Waals surface area contributed by atoms with Gasteiger partial charge in [0.2, 0.25) is 0 Å². The van der Waals surface area contributed by atoms with Crippen LogP contribution in [0.25, 0.3) is 11.0 Å². The Morgan fingerprint density at radius 3 is 2.78 bits per heavy atom. The number of hydrogen-bond donors (Lipinski definition) is 1. The second-order valence-electron chi connectivity index (χ2n) is 5.46. The van der Waals surface area contributed by atoms with Crippen LogP contribution in [0.1, 0.15) is 23.0 Å². The van der Waals surface area contributed by atoms with E-state index in [0.29, 0.717) is 23.7 Å². The van der Waals surface area contributed by atoms with Crippen LogP contribution in [-0.4, -0.2) is 25.8 Å². The van der Waals surface area contributed by atoms with Gasteiger partial charge in [0.05, 0.1) is 24.4 Å². The number of hydrazone groups is 1. The topological polar surface area (TPSA) is 73.1 Å². The van der Waals surface area contributed by atoms with Crippen molar-refractivity contribution in [3.63, 3.8) is 0 Å². The Bertz CT molecular complexity index is 1010. The van der Waals surface area contributed by atoms with Gasteiger partial charge in [0.15, 0.2) is 17.3 Å². The van der Waals surface area contributed by atoms with Gasteiger partial charge in [0.1, 0.15) is 5.58 Å². The zero-order chi connectivity index (χ0) is 19.4. The van der Waals surface area contributed by atoms with Crippen molar-refractivity contribution in [1.29, 1.82) is 0 Å². The number of methoxy groups -OCH3 is 1. The van der Waals surface area contributed by atoms with E-state index in [1.165, 1.54) is 6.21 Å². The highest BCUT2D eigenvalue weighted by atomic mass is 79.9. The summed E-state index contributed by atoms with van der Waals surface area (Å²) in [6, 6.07) is 10.8. The summed E-state index contributed by atoms with van der Waals surface area (Å²) in [7, 11) is 1.57. The molecular formula is C19H16Br2N2O4. The lowest BCUT2D eigenvalue weighted by Crippen LogP contribution is -2.16. The molecule has 3 aromatic rings. The fourth-order valence-electron chi connectivity index (χ4n) is 2.45. The van der Waals surface area contributed by atoms with Crippen LogP contribution in [0.3, 0.4) is 0 Å². The maximum absolute atomic E-state index is 12.3. The molecule has 0 atom stereocenters. The number of ether oxygens (including phenoxy) is 2. The third kappa shape index (κ3) is 4.51. The number of fused-ring (bicyclic) bond motifs is 1. The smallest absolute Gasteiger partial charge is 0.307 e. The van der Waals surface area contributed by atoms with E-state index in [1.54, 1.807) is 25.3 Å². The molecule has 1 aromatic heterocycles. The van der Waals surface area contributed by atoms with Crippen LogP contribution in [-0.2, 0) is 0 Å². The van der Waals surface area contributed by atoms with E-state index in [1.807, 2.05) is 25.1 Å². The van der Waals surface area contributed by atoms with E-state index >= 15 is 0 Å².